The van der Waals surface area contributed by atoms with Gasteiger partial charge in [-0.3, -0.25) is 9.20 Å². The third kappa shape index (κ3) is 3.31. The number of hydrogen-bond acceptors (Lipinski definition) is 4. The highest BCUT2D eigenvalue weighted by Crippen LogP contribution is 2.33. The lowest BCUT2D eigenvalue weighted by Gasteiger charge is -2.28. The third-order valence-electron chi connectivity index (χ3n) is 4.94. The van der Waals surface area contributed by atoms with Gasteiger partial charge in [-0.05, 0) is 47.9 Å². The predicted molar refractivity (Wildman–Crippen MR) is 108 cm³/mol. The maximum atomic E-state index is 12.7. The van der Waals surface area contributed by atoms with Crippen LogP contribution in [0, 0.1) is 0 Å². The van der Waals surface area contributed by atoms with Gasteiger partial charge in [0, 0.05) is 25.4 Å². The number of carbonyl (C=O) groups is 1. The Kier molecular flexibility index (Phi) is 4.96. The topological polar surface area (TPSA) is 56.1 Å². The summed E-state index contributed by atoms with van der Waals surface area (Å²) in [7, 11) is 3.23. The molecule has 0 bridgehead atoms. The number of pyridine rings is 1. The monoisotopic (exact) mass is 397 g/mol. The molecule has 0 radical (unpaired) electrons. The van der Waals surface area contributed by atoms with Crippen LogP contribution < -0.4 is 9.47 Å². The molecular formula is C21H20ClN3O3. The first-order valence-corrected chi connectivity index (χ1v) is 9.32. The van der Waals surface area contributed by atoms with Crippen LogP contribution in [0.25, 0.3) is 11.7 Å². The molecule has 7 heteroatoms. The Morgan fingerprint density at radius 3 is 2.68 bits per heavy atom. The summed E-state index contributed by atoms with van der Waals surface area (Å²) >= 11 is 6.23. The number of benzene rings is 1. The number of amides is 1. The number of aromatic nitrogens is 2. The first kappa shape index (κ1) is 18.4. The molecule has 1 aromatic carbocycles. The normalized spacial score (nSPS) is 13.8. The van der Waals surface area contributed by atoms with Crippen LogP contribution in [0.3, 0.4) is 0 Å². The molecule has 0 atom stereocenters. The molecule has 6 nitrogen and oxygen atoms in total. The second-order valence-corrected chi connectivity index (χ2v) is 6.89. The summed E-state index contributed by atoms with van der Waals surface area (Å²) in [5, 5.41) is 0.371. The summed E-state index contributed by atoms with van der Waals surface area (Å²) in [6.07, 6.45) is 5.91. The number of nitrogens with zero attached hydrogens (tertiary/aromatic N) is 3. The van der Waals surface area contributed by atoms with Gasteiger partial charge in [0.2, 0.25) is 5.91 Å². The minimum Gasteiger partial charge on any atom is -0.493 e. The van der Waals surface area contributed by atoms with E-state index < -0.39 is 0 Å². The fourth-order valence-corrected chi connectivity index (χ4v) is 3.70. The van der Waals surface area contributed by atoms with Crippen molar-refractivity contribution >= 4 is 29.2 Å². The summed E-state index contributed by atoms with van der Waals surface area (Å²) in [5.74, 6) is 1.31. The third-order valence-corrected chi connectivity index (χ3v) is 5.21. The molecule has 1 aliphatic rings. The van der Waals surface area contributed by atoms with Crippen molar-refractivity contribution in [2.75, 3.05) is 20.8 Å². The van der Waals surface area contributed by atoms with E-state index in [4.69, 9.17) is 21.1 Å². The molecule has 144 valence electrons. The standard InChI is InChI=1S/C21H20ClN3O3/c1-27-17-11-14-8-10-24(13-15(14)12-18(17)28-2)20(26)7-6-16-21(22)23-19-5-3-4-9-25(16)19/h3-7,9,11-12H,8,10,13H2,1-2H3/b7-6-. The fraction of sp³-hybridized carbons (Fsp3) is 0.238. The maximum Gasteiger partial charge on any atom is 0.246 e. The lowest BCUT2D eigenvalue weighted by molar-refractivity contribution is -0.126. The molecule has 0 N–H and O–H groups in total. The highest BCUT2D eigenvalue weighted by atomic mass is 35.5. The van der Waals surface area contributed by atoms with E-state index in [2.05, 4.69) is 4.98 Å². The van der Waals surface area contributed by atoms with E-state index in [0.717, 1.165) is 17.6 Å². The highest BCUT2D eigenvalue weighted by molar-refractivity contribution is 6.31. The van der Waals surface area contributed by atoms with Gasteiger partial charge >= 0.3 is 0 Å². The number of rotatable bonds is 4. The van der Waals surface area contributed by atoms with Crippen LogP contribution in [0.5, 0.6) is 11.5 Å². The van der Waals surface area contributed by atoms with Gasteiger partial charge < -0.3 is 14.4 Å². The van der Waals surface area contributed by atoms with Crippen molar-refractivity contribution in [3.05, 3.63) is 64.6 Å². The van der Waals surface area contributed by atoms with E-state index in [9.17, 15) is 4.79 Å². The molecular weight excluding hydrogens is 378 g/mol. The number of methoxy groups -OCH3 is 2. The van der Waals surface area contributed by atoms with Crippen LogP contribution in [0.2, 0.25) is 5.15 Å². The van der Waals surface area contributed by atoms with E-state index in [1.165, 1.54) is 5.56 Å². The Morgan fingerprint density at radius 1 is 1.18 bits per heavy atom. The molecule has 2 aromatic heterocycles. The van der Waals surface area contributed by atoms with Crippen molar-refractivity contribution in [2.24, 2.45) is 0 Å². The Labute approximate surface area is 168 Å². The van der Waals surface area contributed by atoms with Gasteiger partial charge in [-0.25, -0.2) is 4.98 Å². The molecule has 0 fully saturated rings. The van der Waals surface area contributed by atoms with E-state index in [0.29, 0.717) is 35.4 Å². The molecule has 4 rings (SSSR count). The fourth-order valence-electron chi connectivity index (χ4n) is 3.46. The van der Waals surface area contributed by atoms with E-state index in [1.54, 1.807) is 26.4 Å². The van der Waals surface area contributed by atoms with Crippen LogP contribution in [-0.2, 0) is 17.8 Å². The number of halogens is 1. The lowest BCUT2D eigenvalue weighted by atomic mass is 9.98. The van der Waals surface area contributed by atoms with Gasteiger partial charge in [-0.15, -0.1) is 0 Å². The zero-order valence-corrected chi connectivity index (χ0v) is 16.4. The maximum absolute atomic E-state index is 12.7. The zero-order valence-electron chi connectivity index (χ0n) is 15.7. The molecule has 3 aromatic rings. The summed E-state index contributed by atoms with van der Waals surface area (Å²) in [4.78, 5) is 18.8. The average Bonchev–Trinajstić information content (AvgIpc) is 3.05. The molecule has 0 unspecified atom stereocenters. The molecule has 0 saturated heterocycles. The number of fused-ring (bicyclic) bond motifs is 2. The quantitative estimate of drug-likeness (QED) is 0.631. The molecule has 3 heterocycles. The largest absolute Gasteiger partial charge is 0.493 e. The molecule has 1 aliphatic heterocycles. The summed E-state index contributed by atoms with van der Waals surface area (Å²) in [6, 6.07) is 9.59. The number of imidazole rings is 1. The second-order valence-electron chi connectivity index (χ2n) is 6.54. The Morgan fingerprint density at radius 2 is 1.93 bits per heavy atom. The molecule has 28 heavy (non-hydrogen) atoms. The van der Waals surface area contributed by atoms with Crippen LogP contribution in [-0.4, -0.2) is 41.0 Å². The van der Waals surface area contributed by atoms with Gasteiger partial charge in [0.1, 0.15) is 5.65 Å². The van der Waals surface area contributed by atoms with Crippen LogP contribution >= 0.6 is 11.6 Å². The van der Waals surface area contributed by atoms with E-state index in [1.807, 2.05) is 45.8 Å². The molecule has 0 spiro atoms. The van der Waals surface area contributed by atoms with Gasteiger partial charge in [0.15, 0.2) is 16.7 Å². The van der Waals surface area contributed by atoms with E-state index in [-0.39, 0.29) is 5.91 Å². The summed E-state index contributed by atoms with van der Waals surface area (Å²) in [6.45, 7) is 1.17. The summed E-state index contributed by atoms with van der Waals surface area (Å²) < 4.78 is 12.6. The Hall–Kier alpha value is -2.99. The number of carbonyl (C=O) groups excluding carboxylic acids is 1. The minimum absolute atomic E-state index is 0.0672. The first-order valence-electron chi connectivity index (χ1n) is 8.94. The SMILES string of the molecule is COc1cc2c(cc1OC)CN(C(=O)/C=C\c1c(Cl)nc3ccccn13)CC2. The van der Waals surface area contributed by atoms with Crippen molar-refractivity contribution in [3.63, 3.8) is 0 Å². The second kappa shape index (κ2) is 7.56. The average molecular weight is 398 g/mol. The minimum atomic E-state index is -0.0672. The van der Waals surface area contributed by atoms with Gasteiger partial charge in [-0.2, -0.15) is 0 Å². The first-order chi connectivity index (χ1) is 13.6. The molecule has 0 aliphatic carbocycles. The zero-order chi connectivity index (χ0) is 19.7. The van der Waals surface area contributed by atoms with Crippen molar-refractivity contribution < 1.29 is 14.3 Å². The number of ether oxygens (including phenoxy) is 2. The smallest absolute Gasteiger partial charge is 0.246 e. The van der Waals surface area contributed by atoms with Crippen molar-refractivity contribution in [1.82, 2.24) is 14.3 Å². The Balaban J connectivity index is 1.55. The van der Waals surface area contributed by atoms with Crippen LogP contribution in [0.15, 0.2) is 42.6 Å². The summed E-state index contributed by atoms with van der Waals surface area (Å²) in [5.41, 5.74) is 3.68. The van der Waals surface area contributed by atoms with Gasteiger partial charge in [0.05, 0.1) is 19.9 Å². The predicted octanol–water partition coefficient (Wildman–Crippen LogP) is 3.60. The van der Waals surface area contributed by atoms with Crippen molar-refractivity contribution in [3.8, 4) is 11.5 Å². The molecule has 0 saturated carbocycles. The van der Waals surface area contributed by atoms with Crippen LogP contribution in [0.1, 0.15) is 16.8 Å². The van der Waals surface area contributed by atoms with Crippen molar-refractivity contribution in [2.45, 2.75) is 13.0 Å². The Bertz CT molecular complexity index is 1070. The van der Waals surface area contributed by atoms with E-state index >= 15 is 0 Å². The lowest BCUT2D eigenvalue weighted by Crippen LogP contribution is -2.34. The van der Waals surface area contributed by atoms with Crippen LogP contribution in [0.4, 0.5) is 0 Å². The highest BCUT2D eigenvalue weighted by Gasteiger charge is 2.22. The molecule has 1 amide bonds. The van der Waals surface area contributed by atoms with Crippen molar-refractivity contribution in [1.29, 1.82) is 0 Å². The number of hydrogen-bond donors (Lipinski definition) is 0. The van der Waals surface area contributed by atoms with Gasteiger partial charge in [-0.1, -0.05) is 17.7 Å². The van der Waals surface area contributed by atoms with Gasteiger partial charge in [0.25, 0.3) is 0 Å².